The first-order chi connectivity index (χ1) is 9.36. The molecule has 1 aliphatic carbocycles. The molecule has 0 aliphatic heterocycles. The molecule has 0 radical (unpaired) electrons. The van der Waals surface area contributed by atoms with Crippen molar-refractivity contribution in [2.75, 3.05) is 6.54 Å². The standard InChI is InChI=1S/C17H26ClNO/c1-6-7-19-14-10-15(17(14,4)5)20-13-8-11(2)16(18)12(3)9-13/h8-9,14-15,19H,6-7,10H2,1-5H3. The Morgan fingerprint density at radius 2 is 1.90 bits per heavy atom. The molecule has 3 heteroatoms. The molecule has 1 fully saturated rings. The summed E-state index contributed by atoms with van der Waals surface area (Å²) < 4.78 is 6.19. The molecule has 1 saturated carbocycles. The van der Waals surface area contributed by atoms with Crippen LogP contribution in [0.3, 0.4) is 0 Å². The lowest BCUT2D eigenvalue weighted by atomic mass is 9.64. The number of hydrogen-bond donors (Lipinski definition) is 1. The highest BCUT2D eigenvalue weighted by atomic mass is 35.5. The maximum absolute atomic E-state index is 6.20. The van der Waals surface area contributed by atoms with E-state index in [1.165, 1.54) is 6.42 Å². The Morgan fingerprint density at radius 1 is 1.30 bits per heavy atom. The van der Waals surface area contributed by atoms with E-state index in [1.54, 1.807) is 0 Å². The lowest BCUT2D eigenvalue weighted by molar-refractivity contribution is -0.0546. The highest BCUT2D eigenvalue weighted by Crippen LogP contribution is 2.43. The van der Waals surface area contributed by atoms with Gasteiger partial charge in [0.2, 0.25) is 0 Å². The van der Waals surface area contributed by atoms with Crippen LogP contribution in [0.5, 0.6) is 5.75 Å². The molecule has 0 amide bonds. The number of ether oxygens (including phenoxy) is 1. The normalized spacial score (nSPS) is 24.3. The molecule has 0 bridgehead atoms. The molecular formula is C17H26ClNO. The van der Waals surface area contributed by atoms with Gasteiger partial charge in [0.1, 0.15) is 11.9 Å². The zero-order valence-corrected chi connectivity index (χ0v) is 14.0. The van der Waals surface area contributed by atoms with E-state index in [0.717, 1.165) is 34.9 Å². The molecule has 2 unspecified atom stereocenters. The van der Waals surface area contributed by atoms with Gasteiger partial charge in [0.05, 0.1) is 0 Å². The number of nitrogens with one attached hydrogen (secondary N) is 1. The second-order valence-corrected chi connectivity index (χ2v) is 6.92. The molecule has 1 aromatic carbocycles. The summed E-state index contributed by atoms with van der Waals surface area (Å²) in [7, 11) is 0. The fourth-order valence-corrected chi connectivity index (χ4v) is 3.00. The van der Waals surface area contributed by atoms with Crippen molar-refractivity contribution in [1.29, 1.82) is 0 Å². The number of aryl methyl sites for hydroxylation is 2. The third-order valence-electron chi connectivity index (χ3n) is 4.51. The SMILES string of the molecule is CCCNC1CC(Oc2cc(C)c(Cl)c(C)c2)C1(C)C. The average Bonchev–Trinajstić information content (AvgIpc) is 2.39. The zero-order chi connectivity index (χ0) is 14.9. The van der Waals surface area contributed by atoms with Crippen LogP contribution in [0.4, 0.5) is 0 Å². The fourth-order valence-electron chi connectivity index (χ4n) is 2.89. The molecule has 0 heterocycles. The molecular weight excluding hydrogens is 270 g/mol. The Kier molecular flexibility index (Phi) is 4.66. The van der Waals surface area contributed by atoms with Crippen LogP contribution in [0.2, 0.25) is 5.02 Å². The van der Waals surface area contributed by atoms with Crippen LogP contribution in [-0.4, -0.2) is 18.7 Å². The van der Waals surface area contributed by atoms with Gasteiger partial charge in [0, 0.05) is 22.9 Å². The van der Waals surface area contributed by atoms with E-state index in [1.807, 2.05) is 26.0 Å². The first-order valence-corrected chi connectivity index (χ1v) is 7.90. The predicted molar refractivity (Wildman–Crippen MR) is 85.8 cm³/mol. The monoisotopic (exact) mass is 295 g/mol. The summed E-state index contributed by atoms with van der Waals surface area (Å²) in [5, 5.41) is 4.45. The Bertz CT molecular complexity index is 461. The predicted octanol–water partition coefficient (Wildman–Crippen LogP) is 4.50. The first-order valence-electron chi connectivity index (χ1n) is 7.53. The van der Waals surface area contributed by atoms with Gasteiger partial charge in [0.25, 0.3) is 0 Å². The first kappa shape index (κ1) is 15.7. The molecule has 2 atom stereocenters. The summed E-state index contributed by atoms with van der Waals surface area (Å²) in [6.45, 7) is 11.9. The largest absolute Gasteiger partial charge is 0.490 e. The van der Waals surface area contributed by atoms with Crippen LogP contribution in [-0.2, 0) is 0 Å². The van der Waals surface area contributed by atoms with Crippen molar-refractivity contribution < 1.29 is 4.74 Å². The van der Waals surface area contributed by atoms with Gasteiger partial charge in [-0.15, -0.1) is 0 Å². The zero-order valence-electron chi connectivity index (χ0n) is 13.2. The van der Waals surface area contributed by atoms with E-state index < -0.39 is 0 Å². The maximum atomic E-state index is 6.20. The molecule has 0 saturated heterocycles. The highest BCUT2D eigenvalue weighted by Gasteiger charge is 2.49. The molecule has 20 heavy (non-hydrogen) atoms. The molecule has 2 nitrogen and oxygen atoms in total. The highest BCUT2D eigenvalue weighted by molar-refractivity contribution is 6.32. The summed E-state index contributed by atoms with van der Waals surface area (Å²) >= 11 is 6.20. The van der Waals surface area contributed by atoms with Crippen LogP contribution in [0.25, 0.3) is 0 Å². The summed E-state index contributed by atoms with van der Waals surface area (Å²) in [5.74, 6) is 0.941. The minimum Gasteiger partial charge on any atom is -0.490 e. The van der Waals surface area contributed by atoms with Gasteiger partial charge < -0.3 is 10.1 Å². The maximum Gasteiger partial charge on any atom is 0.120 e. The van der Waals surface area contributed by atoms with Crippen molar-refractivity contribution in [2.24, 2.45) is 5.41 Å². The summed E-state index contributed by atoms with van der Waals surface area (Å²) in [5.41, 5.74) is 2.34. The molecule has 1 N–H and O–H groups in total. The van der Waals surface area contributed by atoms with E-state index in [9.17, 15) is 0 Å². The van der Waals surface area contributed by atoms with Crippen molar-refractivity contribution >= 4 is 11.6 Å². The number of rotatable bonds is 5. The smallest absolute Gasteiger partial charge is 0.120 e. The van der Waals surface area contributed by atoms with E-state index in [4.69, 9.17) is 16.3 Å². The van der Waals surface area contributed by atoms with Gasteiger partial charge in [-0.2, -0.15) is 0 Å². The number of benzene rings is 1. The number of halogens is 1. The van der Waals surface area contributed by atoms with Crippen molar-refractivity contribution in [3.63, 3.8) is 0 Å². The summed E-state index contributed by atoms with van der Waals surface area (Å²) in [6, 6.07) is 4.64. The molecule has 0 spiro atoms. The van der Waals surface area contributed by atoms with Crippen molar-refractivity contribution in [3.05, 3.63) is 28.3 Å². The van der Waals surface area contributed by atoms with Gasteiger partial charge in [-0.05, 0) is 50.1 Å². The van der Waals surface area contributed by atoms with Gasteiger partial charge in [-0.1, -0.05) is 32.4 Å². The molecule has 0 aromatic heterocycles. The van der Waals surface area contributed by atoms with Gasteiger partial charge >= 0.3 is 0 Å². The van der Waals surface area contributed by atoms with Crippen molar-refractivity contribution in [2.45, 2.75) is 59.6 Å². The fraction of sp³-hybridized carbons (Fsp3) is 0.647. The second kappa shape index (κ2) is 5.95. The Balaban J connectivity index is 2.02. The van der Waals surface area contributed by atoms with Crippen LogP contribution in [0.15, 0.2) is 12.1 Å². The van der Waals surface area contributed by atoms with E-state index in [0.29, 0.717) is 6.04 Å². The van der Waals surface area contributed by atoms with E-state index >= 15 is 0 Å². The summed E-state index contributed by atoms with van der Waals surface area (Å²) in [6.07, 6.45) is 2.53. The minimum atomic E-state index is 0.177. The molecule has 1 aromatic rings. The summed E-state index contributed by atoms with van der Waals surface area (Å²) in [4.78, 5) is 0. The Hall–Kier alpha value is -0.730. The molecule has 2 rings (SSSR count). The quantitative estimate of drug-likeness (QED) is 0.863. The average molecular weight is 296 g/mol. The van der Waals surface area contributed by atoms with Gasteiger partial charge in [0.15, 0.2) is 0 Å². The Morgan fingerprint density at radius 3 is 2.40 bits per heavy atom. The number of hydrogen-bond acceptors (Lipinski definition) is 2. The molecule has 112 valence electrons. The van der Waals surface area contributed by atoms with Crippen LogP contribution < -0.4 is 10.1 Å². The van der Waals surface area contributed by atoms with Crippen molar-refractivity contribution in [3.8, 4) is 5.75 Å². The van der Waals surface area contributed by atoms with Crippen molar-refractivity contribution in [1.82, 2.24) is 5.32 Å². The third kappa shape index (κ3) is 2.96. The molecule has 1 aliphatic rings. The lowest BCUT2D eigenvalue weighted by Gasteiger charge is -2.51. The van der Waals surface area contributed by atoms with E-state index in [2.05, 4.69) is 26.1 Å². The van der Waals surface area contributed by atoms with Crippen LogP contribution >= 0.6 is 11.6 Å². The minimum absolute atomic E-state index is 0.177. The second-order valence-electron chi connectivity index (χ2n) is 6.54. The van der Waals surface area contributed by atoms with Gasteiger partial charge in [-0.3, -0.25) is 0 Å². The van der Waals surface area contributed by atoms with E-state index in [-0.39, 0.29) is 11.5 Å². The third-order valence-corrected chi connectivity index (χ3v) is 5.10. The Labute approximate surface area is 127 Å². The van der Waals surface area contributed by atoms with Gasteiger partial charge in [-0.25, -0.2) is 0 Å². The van der Waals surface area contributed by atoms with Crippen LogP contribution in [0, 0.1) is 19.3 Å². The topological polar surface area (TPSA) is 21.3 Å². The van der Waals surface area contributed by atoms with Crippen LogP contribution in [0.1, 0.15) is 44.7 Å². The lowest BCUT2D eigenvalue weighted by Crippen LogP contribution is -2.62.